The van der Waals surface area contributed by atoms with E-state index >= 15 is 0 Å². The maximum Gasteiger partial charge on any atom is 0.491 e. The van der Waals surface area contributed by atoms with Gasteiger partial charge in [0.2, 0.25) is 0 Å². The van der Waals surface area contributed by atoms with Gasteiger partial charge in [0, 0.05) is 0 Å². The fourth-order valence-electron chi connectivity index (χ4n) is 0.979. The van der Waals surface area contributed by atoms with Gasteiger partial charge < -0.3 is 4.74 Å². The number of rotatable bonds is 2. The summed E-state index contributed by atoms with van der Waals surface area (Å²) in [4.78, 5) is 21.7. The highest BCUT2D eigenvalue weighted by Gasteiger charge is 2.41. The molecular formula is C9H7F3N2O3. The van der Waals surface area contributed by atoms with Gasteiger partial charge in [0.15, 0.2) is 0 Å². The van der Waals surface area contributed by atoms with Gasteiger partial charge in [0.25, 0.3) is 5.91 Å². The second-order valence-corrected chi connectivity index (χ2v) is 2.86. The number of carbonyl (C=O) groups excluding carboxylic acids is 2. The number of nitrogens with two attached hydrogens (primary N) is 1. The molecule has 0 saturated heterocycles. The van der Waals surface area contributed by atoms with Crippen molar-refractivity contribution in [2.24, 2.45) is 5.84 Å². The highest BCUT2D eigenvalue weighted by atomic mass is 19.4. The van der Waals surface area contributed by atoms with Gasteiger partial charge in [-0.25, -0.2) is 10.6 Å². The van der Waals surface area contributed by atoms with Gasteiger partial charge in [-0.05, 0) is 12.1 Å². The van der Waals surface area contributed by atoms with Crippen LogP contribution in [-0.2, 0) is 4.79 Å². The smallest absolute Gasteiger partial charge is 0.419 e. The Morgan fingerprint density at radius 1 is 1.24 bits per heavy atom. The average Bonchev–Trinajstić information content (AvgIpc) is 2.27. The van der Waals surface area contributed by atoms with Crippen LogP contribution in [0.25, 0.3) is 0 Å². The molecule has 0 aliphatic carbocycles. The van der Waals surface area contributed by atoms with Crippen LogP contribution >= 0.6 is 0 Å². The third kappa shape index (κ3) is 3.18. The zero-order chi connectivity index (χ0) is 13.1. The van der Waals surface area contributed by atoms with Gasteiger partial charge in [0.1, 0.15) is 5.75 Å². The van der Waals surface area contributed by atoms with Crippen molar-refractivity contribution in [2.75, 3.05) is 0 Å². The van der Waals surface area contributed by atoms with Crippen LogP contribution in [0.3, 0.4) is 0 Å². The van der Waals surface area contributed by atoms with Crippen molar-refractivity contribution in [3.63, 3.8) is 0 Å². The number of halogens is 3. The molecule has 0 aliphatic heterocycles. The van der Waals surface area contributed by atoms with E-state index in [4.69, 9.17) is 5.84 Å². The highest BCUT2D eigenvalue weighted by Crippen LogP contribution is 2.23. The number of nitrogen functional groups attached to an aromatic ring is 1. The van der Waals surface area contributed by atoms with Gasteiger partial charge in [-0.1, -0.05) is 12.1 Å². The summed E-state index contributed by atoms with van der Waals surface area (Å²) in [6.45, 7) is 0. The van der Waals surface area contributed by atoms with E-state index in [2.05, 4.69) is 4.74 Å². The molecule has 1 amide bonds. The first-order chi connectivity index (χ1) is 7.86. The third-order valence-corrected chi connectivity index (χ3v) is 1.70. The molecule has 0 aliphatic rings. The number of benzene rings is 1. The van der Waals surface area contributed by atoms with Crippen LogP contribution in [0.4, 0.5) is 13.2 Å². The lowest BCUT2D eigenvalue weighted by molar-refractivity contribution is -0.189. The summed E-state index contributed by atoms with van der Waals surface area (Å²) in [6.07, 6.45) is -5.13. The lowest BCUT2D eigenvalue weighted by atomic mass is 10.2. The minimum Gasteiger partial charge on any atom is -0.419 e. The van der Waals surface area contributed by atoms with Crippen molar-refractivity contribution in [1.82, 2.24) is 5.43 Å². The van der Waals surface area contributed by atoms with Gasteiger partial charge in [-0.3, -0.25) is 10.2 Å². The van der Waals surface area contributed by atoms with E-state index in [1.807, 2.05) is 0 Å². The number of carbonyl (C=O) groups is 2. The molecule has 8 heteroatoms. The van der Waals surface area contributed by atoms with E-state index in [1.54, 1.807) is 5.43 Å². The van der Waals surface area contributed by atoms with Crippen molar-refractivity contribution >= 4 is 11.9 Å². The number of hydrogen-bond donors (Lipinski definition) is 2. The lowest BCUT2D eigenvalue weighted by Gasteiger charge is -2.09. The molecule has 3 N–H and O–H groups in total. The Kier molecular flexibility index (Phi) is 3.69. The number of alkyl halides is 3. The average molecular weight is 248 g/mol. The van der Waals surface area contributed by atoms with E-state index in [9.17, 15) is 22.8 Å². The van der Waals surface area contributed by atoms with E-state index in [0.717, 1.165) is 6.07 Å². The number of para-hydroxylation sites is 1. The number of amides is 1. The third-order valence-electron chi connectivity index (χ3n) is 1.70. The Bertz CT molecular complexity index is 445. The first-order valence-electron chi connectivity index (χ1n) is 4.25. The molecule has 0 atom stereocenters. The zero-order valence-corrected chi connectivity index (χ0v) is 8.25. The molecule has 17 heavy (non-hydrogen) atoms. The largest absolute Gasteiger partial charge is 0.491 e. The number of hydrogen-bond acceptors (Lipinski definition) is 4. The Balaban J connectivity index is 2.99. The summed E-state index contributed by atoms with van der Waals surface area (Å²) < 4.78 is 39.9. The standard InChI is InChI=1S/C9H7F3N2O3/c10-9(11,12)8(16)17-6-4-2-1-3-5(6)7(15)14-13/h1-4H,13H2,(H,14,15). The maximum atomic E-state index is 11.9. The van der Waals surface area contributed by atoms with Crippen molar-refractivity contribution < 1.29 is 27.5 Å². The zero-order valence-electron chi connectivity index (χ0n) is 8.25. The summed E-state index contributed by atoms with van der Waals surface area (Å²) in [7, 11) is 0. The number of nitrogens with one attached hydrogen (secondary N) is 1. The highest BCUT2D eigenvalue weighted by molar-refractivity contribution is 5.97. The lowest BCUT2D eigenvalue weighted by Crippen LogP contribution is -2.32. The van der Waals surface area contributed by atoms with Crippen molar-refractivity contribution in [2.45, 2.75) is 6.18 Å². The van der Waals surface area contributed by atoms with Crippen LogP contribution in [0.2, 0.25) is 0 Å². The van der Waals surface area contributed by atoms with Gasteiger partial charge in [0.05, 0.1) is 5.56 Å². The normalized spacial score (nSPS) is 10.8. The molecular weight excluding hydrogens is 241 g/mol. The number of ether oxygens (including phenoxy) is 1. The number of esters is 1. The van der Waals surface area contributed by atoms with Crippen molar-refractivity contribution in [3.8, 4) is 5.75 Å². The van der Waals surface area contributed by atoms with Crippen LogP contribution in [0.1, 0.15) is 10.4 Å². The molecule has 0 fully saturated rings. The summed E-state index contributed by atoms with van der Waals surface area (Å²) in [5.74, 6) is 1.04. The first-order valence-corrected chi connectivity index (χ1v) is 4.25. The Labute approximate surface area is 93.3 Å². The fourth-order valence-corrected chi connectivity index (χ4v) is 0.979. The molecule has 0 radical (unpaired) electrons. The molecule has 1 aromatic rings. The van der Waals surface area contributed by atoms with Crippen molar-refractivity contribution in [3.05, 3.63) is 29.8 Å². The van der Waals surface area contributed by atoms with Gasteiger partial charge in [-0.2, -0.15) is 13.2 Å². The quantitative estimate of drug-likeness (QED) is 0.266. The molecule has 1 rings (SSSR count). The Morgan fingerprint density at radius 3 is 2.35 bits per heavy atom. The van der Waals surface area contributed by atoms with Crippen LogP contribution in [-0.4, -0.2) is 18.1 Å². The molecule has 5 nitrogen and oxygen atoms in total. The minimum absolute atomic E-state index is 0.271. The summed E-state index contributed by atoms with van der Waals surface area (Å²) >= 11 is 0. The fraction of sp³-hybridized carbons (Fsp3) is 0.111. The molecule has 0 spiro atoms. The topological polar surface area (TPSA) is 81.4 Å². The summed E-state index contributed by atoms with van der Waals surface area (Å²) in [6, 6.07) is 4.91. The first kappa shape index (κ1) is 13.0. The monoisotopic (exact) mass is 248 g/mol. The predicted molar refractivity (Wildman–Crippen MR) is 49.8 cm³/mol. The molecule has 92 valence electrons. The van der Waals surface area contributed by atoms with Crippen molar-refractivity contribution in [1.29, 1.82) is 0 Å². The van der Waals surface area contributed by atoms with E-state index in [0.29, 0.717) is 0 Å². The molecule has 0 saturated carbocycles. The summed E-state index contributed by atoms with van der Waals surface area (Å²) in [5.41, 5.74) is 1.45. The van der Waals surface area contributed by atoms with Crippen LogP contribution in [0.5, 0.6) is 5.75 Å². The van der Waals surface area contributed by atoms with Crippen LogP contribution in [0.15, 0.2) is 24.3 Å². The van der Waals surface area contributed by atoms with Crippen LogP contribution < -0.4 is 16.0 Å². The SMILES string of the molecule is NNC(=O)c1ccccc1OC(=O)C(F)(F)F. The second kappa shape index (κ2) is 4.83. The molecule has 1 aromatic carbocycles. The molecule has 0 unspecified atom stereocenters. The second-order valence-electron chi connectivity index (χ2n) is 2.86. The summed E-state index contributed by atoms with van der Waals surface area (Å²) in [5, 5.41) is 0. The van der Waals surface area contributed by atoms with E-state index in [1.165, 1.54) is 18.2 Å². The Morgan fingerprint density at radius 2 is 1.82 bits per heavy atom. The minimum atomic E-state index is -5.13. The van der Waals surface area contributed by atoms with Gasteiger partial charge in [-0.15, -0.1) is 0 Å². The maximum absolute atomic E-state index is 11.9. The van der Waals surface area contributed by atoms with Gasteiger partial charge >= 0.3 is 12.1 Å². The van der Waals surface area contributed by atoms with E-state index in [-0.39, 0.29) is 5.56 Å². The Hall–Kier alpha value is -2.09. The number of hydrazine groups is 1. The molecule has 0 aromatic heterocycles. The molecule has 0 heterocycles. The molecule has 0 bridgehead atoms. The van der Waals surface area contributed by atoms with Crippen LogP contribution in [0, 0.1) is 0 Å². The predicted octanol–water partition coefficient (Wildman–Crippen LogP) is 0.758. The van der Waals surface area contributed by atoms with E-state index < -0.39 is 23.8 Å².